The van der Waals surface area contributed by atoms with Gasteiger partial charge in [-0.1, -0.05) is 37.5 Å². The summed E-state index contributed by atoms with van der Waals surface area (Å²) >= 11 is 0. The van der Waals surface area contributed by atoms with E-state index in [9.17, 15) is 9.59 Å². The van der Waals surface area contributed by atoms with Crippen LogP contribution in [-0.2, 0) is 11.2 Å². The van der Waals surface area contributed by atoms with E-state index in [-0.39, 0.29) is 11.8 Å². The molecule has 2 aromatic carbocycles. The van der Waals surface area contributed by atoms with Crippen LogP contribution in [0.2, 0.25) is 0 Å². The van der Waals surface area contributed by atoms with Crippen molar-refractivity contribution in [3.63, 3.8) is 0 Å². The Hall–Kier alpha value is -3.06. The van der Waals surface area contributed by atoms with Gasteiger partial charge in [0.05, 0.1) is 12.0 Å². The first-order valence-electron chi connectivity index (χ1n) is 15.7. The maximum absolute atomic E-state index is 13.8. The van der Waals surface area contributed by atoms with Crippen molar-refractivity contribution in [3.05, 3.63) is 59.7 Å². The molecule has 3 heterocycles. The van der Waals surface area contributed by atoms with Crippen LogP contribution in [0, 0.1) is 5.41 Å². The Labute approximate surface area is 245 Å². The third kappa shape index (κ3) is 7.62. The van der Waals surface area contributed by atoms with Crippen LogP contribution in [0.5, 0.6) is 11.5 Å². The lowest BCUT2D eigenvalue weighted by Gasteiger charge is -2.42. The van der Waals surface area contributed by atoms with Gasteiger partial charge in [-0.15, -0.1) is 0 Å². The van der Waals surface area contributed by atoms with Crippen molar-refractivity contribution < 1.29 is 19.1 Å². The Bertz CT molecular complexity index is 1140. The number of rotatable bonds is 5. The van der Waals surface area contributed by atoms with E-state index < -0.39 is 5.41 Å². The molecule has 0 radical (unpaired) electrons. The number of hydrogen-bond donors (Lipinski definition) is 0. The molecule has 0 saturated carbocycles. The summed E-state index contributed by atoms with van der Waals surface area (Å²) in [6.45, 7) is 6.21. The zero-order valence-corrected chi connectivity index (χ0v) is 24.8. The number of likely N-dealkylation sites (tertiary alicyclic amines) is 2. The molecular weight excluding hydrogens is 514 g/mol. The van der Waals surface area contributed by atoms with Gasteiger partial charge in [-0.2, -0.15) is 0 Å². The van der Waals surface area contributed by atoms with Crippen LogP contribution in [0.25, 0.3) is 0 Å². The molecule has 2 fully saturated rings. The van der Waals surface area contributed by atoms with Crippen LogP contribution in [0.15, 0.2) is 48.5 Å². The number of piperidine rings is 2. The first-order valence-corrected chi connectivity index (χ1v) is 15.7. The monoisotopic (exact) mass is 561 g/mol. The van der Waals surface area contributed by atoms with Crippen molar-refractivity contribution in [2.24, 2.45) is 5.41 Å². The van der Waals surface area contributed by atoms with Gasteiger partial charge >= 0.3 is 0 Å². The van der Waals surface area contributed by atoms with E-state index in [1.807, 2.05) is 53.2 Å². The molecule has 0 aliphatic carbocycles. The van der Waals surface area contributed by atoms with Crippen LogP contribution in [0.4, 0.5) is 0 Å². The highest BCUT2D eigenvalue weighted by molar-refractivity contribution is 5.94. The molecule has 0 N–H and O–H groups in total. The molecule has 1 spiro atoms. The predicted molar refractivity (Wildman–Crippen MR) is 162 cm³/mol. The first-order chi connectivity index (χ1) is 20.0. The first kappa shape index (κ1) is 29.4. The molecule has 2 aromatic rings. The van der Waals surface area contributed by atoms with Gasteiger partial charge in [-0.25, -0.2) is 0 Å². The van der Waals surface area contributed by atoms with Crippen LogP contribution in [0.3, 0.4) is 0 Å². The van der Waals surface area contributed by atoms with E-state index in [1.54, 1.807) is 0 Å². The number of para-hydroxylation sites is 1. The molecule has 7 nitrogen and oxygen atoms in total. The second-order valence-corrected chi connectivity index (χ2v) is 12.1. The number of nitrogens with zero attached hydrogens (tertiary/aromatic N) is 3. The van der Waals surface area contributed by atoms with Gasteiger partial charge in [-0.05, 0) is 93.9 Å². The third-order valence-electron chi connectivity index (χ3n) is 9.29. The standard InChI is InChI=1S/C34H47N3O4/c1-35-24-26-41-31-12-6-5-11-28(31)10-4-2-7-17-34(33(35)39)18-22-37(23-19-34)32(38)29-13-15-30(16-14-29)40-27-25-36-20-8-3-9-21-36/h5-6,11-16H,2-4,7-10,17-27H2,1H3. The van der Waals surface area contributed by atoms with Gasteiger partial charge in [0.1, 0.15) is 24.7 Å². The normalized spacial score (nSPS) is 20.8. The van der Waals surface area contributed by atoms with E-state index in [0.29, 0.717) is 51.3 Å². The number of ether oxygens (including phenoxy) is 2. The van der Waals surface area contributed by atoms with E-state index in [2.05, 4.69) is 17.0 Å². The number of amides is 2. The molecule has 222 valence electrons. The lowest BCUT2D eigenvalue weighted by Crippen LogP contribution is -2.51. The summed E-state index contributed by atoms with van der Waals surface area (Å²) in [6, 6.07) is 15.8. The number of hydrogen-bond acceptors (Lipinski definition) is 5. The van der Waals surface area contributed by atoms with Gasteiger partial charge in [0.2, 0.25) is 5.91 Å². The molecule has 7 heteroatoms. The summed E-state index contributed by atoms with van der Waals surface area (Å²) in [5.41, 5.74) is 1.53. The fourth-order valence-electron chi connectivity index (χ4n) is 6.67. The number of likely N-dealkylation sites (N-methyl/N-ethyl adjacent to an activating group) is 1. The molecule has 3 aliphatic rings. The van der Waals surface area contributed by atoms with E-state index >= 15 is 0 Å². The molecule has 0 unspecified atom stereocenters. The summed E-state index contributed by atoms with van der Waals surface area (Å²) < 4.78 is 12.0. The maximum atomic E-state index is 13.8. The Balaban J connectivity index is 1.14. The Morgan fingerprint density at radius 2 is 1.59 bits per heavy atom. The summed E-state index contributed by atoms with van der Waals surface area (Å²) in [6.07, 6.45) is 10.4. The zero-order chi connectivity index (χ0) is 28.5. The largest absolute Gasteiger partial charge is 0.492 e. The SMILES string of the molecule is CN1CCOc2ccccc2CCCCCC2(CCN(C(=O)c3ccc(OCCN4CCCCC4)cc3)CC2)C1=O. The minimum absolute atomic E-state index is 0.0383. The average Bonchev–Trinajstić information content (AvgIpc) is 3.02. The highest BCUT2D eigenvalue weighted by atomic mass is 16.5. The number of carbonyl (C=O) groups excluding carboxylic acids is 2. The van der Waals surface area contributed by atoms with E-state index in [1.165, 1.54) is 37.9 Å². The van der Waals surface area contributed by atoms with Crippen molar-refractivity contribution in [1.29, 1.82) is 0 Å². The van der Waals surface area contributed by atoms with Gasteiger partial charge in [0.25, 0.3) is 5.91 Å². The van der Waals surface area contributed by atoms with Crippen molar-refractivity contribution in [2.75, 3.05) is 59.5 Å². The number of aryl methyl sites for hydroxylation is 1. The Kier molecular flexibility index (Phi) is 10.2. The van der Waals surface area contributed by atoms with Crippen LogP contribution in [0.1, 0.15) is 73.7 Å². The average molecular weight is 562 g/mol. The number of benzene rings is 2. The summed E-state index contributed by atoms with van der Waals surface area (Å²) in [4.78, 5) is 33.4. The second kappa shape index (κ2) is 14.2. The van der Waals surface area contributed by atoms with E-state index in [0.717, 1.165) is 50.1 Å². The highest BCUT2D eigenvalue weighted by Crippen LogP contribution is 2.39. The molecule has 3 aliphatic heterocycles. The van der Waals surface area contributed by atoms with Crippen molar-refractivity contribution in [1.82, 2.24) is 14.7 Å². The van der Waals surface area contributed by atoms with Gasteiger partial charge < -0.3 is 19.3 Å². The molecular formula is C34H47N3O4. The minimum Gasteiger partial charge on any atom is -0.492 e. The van der Waals surface area contributed by atoms with E-state index in [4.69, 9.17) is 9.47 Å². The van der Waals surface area contributed by atoms with Gasteiger partial charge in [0.15, 0.2) is 0 Å². The topological polar surface area (TPSA) is 62.3 Å². The number of carbonyl (C=O) groups is 2. The molecule has 41 heavy (non-hydrogen) atoms. The molecule has 5 rings (SSSR count). The molecule has 0 atom stereocenters. The van der Waals surface area contributed by atoms with Crippen molar-refractivity contribution in [2.45, 2.75) is 64.2 Å². The number of fused-ring (bicyclic) bond motifs is 1. The van der Waals surface area contributed by atoms with Crippen LogP contribution < -0.4 is 9.47 Å². The molecule has 2 amide bonds. The predicted octanol–water partition coefficient (Wildman–Crippen LogP) is 5.43. The fraction of sp³-hybridized carbons (Fsp3) is 0.588. The molecule has 2 saturated heterocycles. The molecule has 0 bridgehead atoms. The maximum Gasteiger partial charge on any atom is 0.253 e. The Morgan fingerprint density at radius 1 is 0.854 bits per heavy atom. The molecule has 0 aromatic heterocycles. The highest BCUT2D eigenvalue weighted by Gasteiger charge is 2.43. The van der Waals surface area contributed by atoms with Crippen LogP contribution in [-0.4, -0.2) is 86.0 Å². The lowest BCUT2D eigenvalue weighted by atomic mass is 9.73. The summed E-state index contributed by atoms with van der Waals surface area (Å²) in [5, 5.41) is 0. The van der Waals surface area contributed by atoms with Crippen LogP contribution >= 0.6 is 0 Å². The van der Waals surface area contributed by atoms with Gasteiger partial charge in [-0.3, -0.25) is 14.5 Å². The summed E-state index contributed by atoms with van der Waals surface area (Å²) in [5.74, 6) is 1.98. The smallest absolute Gasteiger partial charge is 0.253 e. The quantitative estimate of drug-likeness (QED) is 0.487. The zero-order valence-electron chi connectivity index (χ0n) is 24.8. The minimum atomic E-state index is -0.404. The summed E-state index contributed by atoms with van der Waals surface area (Å²) in [7, 11) is 1.90. The Morgan fingerprint density at radius 3 is 2.37 bits per heavy atom. The second-order valence-electron chi connectivity index (χ2n) is 12.1. The van der Waals surface area contributed by atoms with Crippen molar-refractivity contribution in [3.8, 4) is 11.5 Å². The van der Waals surface area contributed by atoms with Crippen molar-refractivity contribution >= 4 is 11.8 Å². The lowest BCUT2D eigenvalue weighted by molar-refractivity contribution is -0.144. The third-order valence-corrected chi connectivity index (χ3v) is 9.29. The fourth-order valence-corrected chi connectivity index (χ4v) is 6.67. The van der Waals surface area contributed by atoms with Gasteiger partial charge in [0, 0.05) is 32.2 Å².